The summed E-state index contributed by atoms with van der Waals surface area (Å²) < 4.78 is 0. The number of benzene rings is 1. The minimum absolute atomic E-state index is 0.0834. The van der Waals surface area contributed by atoms with Crippen LogP contribution in [0.3, 0.4) is 0 Å². The van der Waals surface area contributed by atoms with Gasteiger partial charge in [0.15, 0.2) is 0 Å². The van der Waals surface area contributed by atoms with Crippen LogP contribution in [0.15, 0.2) is 35.3 Å². The average molecular weight is 211 g/mol. The van der Waals surface area contributed by atoms with Gasteiger partial charge in [0.25, 0.3) is 0 Å². The zero-order chi connectivity index (χ0) is 11.4. The maximum absolute atomic E-state index is 4.44. The Balaban J connectivity index is 2.08. The largest absolute Gasteiger partial charge is 0.293 e. The van der Waals surface area contributed by atoms with Crippen molar-refractivity contribution < 1.29 is 0 Å². The van der Waals surface area contributed by atoms with Crippen LogP contribution in [0.25, 0.3) is 0 Å². The molecular weight excluding hydrogens is 194 g/mol. The Morgan fingerprint density at radius 2 is 1.94 bits per heavy atom. The molecule has 1 aromatic carbocycles. The fourth-order valence-corrected chi connectivity index (χ4v) is 1.43. The molecular formula is C15H17N. The fourth-order valence-electron chi connectivity index (χ4n) is 1.43. The van der Waals surface area contributed by atoms with Crippen molar-refractivity contribution in [2.45, 2.75) is 32.7 Å². The average Bonchev–Trinajstić information content (AvgIpc) is 3.06. The van der Waals surface area contributed by atoms with E-state index in [0.29, 0.717) is 6.04 Å². The molecule has 82 valence electrons. The van der Waals surface area contributed by atoms with E-state index >= 15 is 0 Å². The number of hydrogen-bond donors (Lipinski definition) is 0. The van der Waals surface area contributed by atoms with E-state index in [1.165, 1.54) is 0 Å². The second kappa shape index (κ2) is 4.53. The van der Waals surface area contributed by atoms with Crippen LogP contribution >= 0.6 is 0 Å². The third-order valence-corrected chi connectivity index (χ3v) is 2.64. The molecule has 0 aliphatic heterocycles. The molecule has 16 heavy (non-hydrogen) atoms. The normalized spacial score (nSPS) is 17.2. The molecule has 1 nitrogen and oxygen atoms in total. The van der Waals surface area contributed by atoms with E-state index in [1.54, 1.807) is 0 Å². The summed E-state index contributed by atoms with van der Waals surface area (Å²) >= 11 is 0. The van der Waals surface area contributed by atoms with Crippen LogP contribution in [0.2, 0.25) is 0 Å². The van der Waals surface area contributed by atoms with E-state index < -0.39 is 0 Å². The second-order valence-corrected chi connectivity index (χ2v) is 4.64. The summed E-state index contributed by atoms with van der Waals surface area (Å²) in [5.41, 5.74) is 1.17. The van der Waals surface area contributed by atoms with Crippen LogP contribution < -0.4 is 0 Å². The molecule has 1 aliphatic carbocycles. The predicted molar refractivity (Wildman–Crippen MR) is 68.6 cm³/mol. The Morgan fingerprint density at radius 3 is 2.50 bits per heavy atom. The first-order chi connectivity index (χ1) is 7.70. The van der Waals surface area contributed by atoms with Crippen LogP contribution in [0, 0.1) is 17.3 Å². The van der Waals surface area contributed by atoms with Gasteiger partial charge in [0.05, 0.1) is 5.41 Å². The van der Waals surface area contributed by atoms with Crippen LogP contribution in [0.4, 0.5) is 0 Å². The van der Waals surface area contributed by atoms with Gasteiger partial charge in [0, 0.05) is 17.8 Å². The van der Waals surface area contributed by atoms with Gasteiger partial charge in [-0.1, -0.05) is 30.0 Å². The molecule has 0 amide bonds. The molecule has 0 heterocycles. The van der Waals surface area contributed by atoms with Crippen molar-refractivity contribution >= 4 is 6.21 Å². The lowest BCUT2D eigenvalue weighted by atomic mass is 10.1. The van der Waals surface area contributed by atoms with Crippen LogP contribution in [0.5, 0.6) is 0 Å². The van der Waals surface area contributed by atoms with Gasteiger partial charge in [-0.05, 0) is 38.8 Å². The number of nitrogens with zero attached hydrogens (tertiary/aromatic N) is 1. The maximum atomic E-state index is 4.44. The molecule has 0 radical (unpaired) electrons. The highest BCUT2D eigenvalue weighted by atomic mass is 14.8. The zero-order valence-corrected chi connectivity index (χ0v) is 9.90. The minimum atomic E-state index is 0.0834. The van der Waals surface area contributed by atoms with Crippen molar-refractivity contribution in [3.8, 4) is 11.8 Å². The summed E-state index contributed by atoms with van der Waals surface area (Å²) in [7, 11) is 0. The van der Waals surface area contributed by atoms with Crippen molar-refractivity contribution in [2.75, 3.05) is 0 Å². The molecule has 0 unspecified atom stereocenters. The maximum Gasteiger partial charge on any atom is 0.0666 e. The van der Waals surface area contributed by atoms with E-state index in [1.807, 2.05) is 36.5 Å². The van der Waals surface area contributed by atoms with Crippen molar-refractivity contribution in [3.05, 3.63) is 35.9 Å². The molecule has 1 saturated carbocycles. The standard InChI is InChI=1S/C15H17N/c1-13(2)16-12-15(10-11-15)9-8-14-6-4-3-5-7-14/h3-7,12-13H,10-11H2,1-2H3. The Hall–Kier alpha value is -1.55. The molecule has 0 atom stereocenters. The summed E-state index contributed by atoms with van der Waals surface area (Å²) in [6, 6.07) is 10.5. The molecule has 0 bridgehead atoms. The molecule has 1 fully saturated rings. The summed E-state index contributed by atoms with van der Waals surface area (Å²) in [4.78, 5) is 4.44. The van der Waals surface area contributed by atoms with E-state index in [2.05, 4.69) is 30.7 Å². The SMILES string of the molecule is CC(C)N=CC1(C#Cc2ccccc2)CC1. The lowest BCUT2D eigenvalue weighted by Gasteiger charge is -2.00. The smallest absolute Gasteiger partial charge is 0.0666 e. The Kier molecular flexibility index (Phi) is 3.10. The summed E-state index contributed by atoms with van der Waals surface area (Å²) in [5.74, 6) is 6.57. The summed E-state index contributed by atoms with van der Waals surface area (Å²) in [6.45, 7) is 4.19. The number of rotatable bonds is 2. The highest BCUT2D eigenvalue weighted by Gasteiger charge is 2.39. The van der Waals surface area contributed by atoms with E-state index in [0.717, 1.165) is 18.4 Å². The molecule has 0 saturated heterocycles. The number of aliphatic imine (C=N–C) groups is 1. The Morgan fingerprint density at radius 1 is 1.25 bits per heavy atom. The van der Waals surface area contributed by atoms with Crippen molar-refractivity contribution in [1.82, 2.24) is 0 Å². The molecule has 0 N–H and O–H groups in total. The van der Waals surface area contributed by atoms with Crippen LogP contribution in [0.1, 0.15) is 32.3 Å². The van der Waals surface area contributed by atoms with E-state index in [-0.39, 0.29) is 5.41 Å². The Bertz CT molecular complexity index is 427. The van der Waals surface area contributed by atoms with E-state index in [4.69, 9.17) is 0 Å². The number of hydrogen-bond acceptors (Lipinski definition) is 1. The predicted octanol–water partition coefficient (Wildman–Crippen LogP) is 3.30. The van der Waals surface area contributed by atoms with Crippen LogP contribution in [-0.4, -0.2) is 12.3 Å². The zero-order valence-electron chi connectivity index (χ0n) is 9.90. The third kappa shape index (κ3) is 2.97. The van der Waals surface area contributed by atoms with Gasteiger partial charge in [-0.2, -0.15) is 0 Å². The highest BCUT2D eigenvalue weighted by molar-refractivity contribution is 5.74. The van der Waals surface area contributed by atoms with Gasteiger partial charge in [-0.25, -0.2) is 0 Å². The molecule has 0 aromatic heterocycles. The van der Waals surface area contributed by atoms with Gasteiger partial charge in [-0.15, -0.1) is 0 Å². The van der Waals surface area contributed by atoms with Gasteiger partial charge in [0.1, 0.15) is 0 Å². The van der Waals surface area contributed by atoms with Gasteiger partial charge >= 0.3 is 0 Å². The minimum Gasteiger partial charge on any atom is -0.293 e. The second-order valence-electron chi connectivity index (χ2n) is 4.64. The van der Waals surface area contributed by atoms with E-state index in [9.17, 15) is 0 Å². The van der Waals surface area contributed by atoms with Gasteiger partial charge in [0.2, 0.25) is 0 Å². The first-order valence-electron chi connectivity index (χ1n) is 5.83. The quantitative estimate of drug-likeness (QED) is 0.526. The molecule has 1 aromatic rings. The van der Waals surface area contributed by atoms with Crippen molar-refractivity contribution in [3.63, 3.8) is 0 Å². The molecule has 2 rings (SSSR count). The van der Waals surface area contributed by atoms with Crippen LogP contribution in [-0.2, 0) is 0 Å². The molecule has 1 heteroatoms. The third-order valence-electron chi connectivity index (χ3n) is 2.64. The van der Waals surface area contributed by atoms with Crippen molar-refractivity contribution in [1.29, 1.82) is 0 Å². The summed E-state index contributed by atoms with van der Waals surface area (Å²) in [5, 5.41) is 0. The molecule has 1 aliphatic rings. The van der Waals surface area contributed by atoms with Gasteiger partial charge < -0.3 is 0 Å². The summed E-state index contributed by atoms with van der Waals surface area (Å²) in [6.07, 6.45) is 4.36. The van der Waals surface area contributed by atoms with Gasteiger partial charge in [-0.3, -0.25) is 4.99 Å². The first-order valence-corrected chi connectivity index (χ1v) is 5.83. The lowest BCUT2D eigenvalue weighted by molar-refractivity contribution is 0.822. The Labute approximate surface area is 97.6 Å². The fraction of sp³-hybridized carbons (Fsp3) is 0.400. The van der Waals surface area contributed by atoms with Crippen molar-refractivity contribution in [2.24, 2.45) is 10.4 Å². The first kappa shape index (κ1) is 11.0. The highest BCUT2D eigenvalue weighted by Crippen LogP contribution is 2.43. The topological polar surface area (TPSA) is 12.4 Å². The monoisotopic (exact) mass is 211 g/mol. The lowest BCUT2D eigenvalue weighted by Crippen LogP contribution is -2.01. The molecule has 0 spiro atoms.